The van der Waals surface area contributed by atoms with Gasteiger partial charge in [-0.3, -0.25) is 4.79 Å². The zero-order valence-electron chi connectivity index (χ0n) is 17.3. The molecule has 0 aliphatic carbocycles. The fourth-order valence-electron chi connectivity index (χ4n) is 3.56. The highest BCUT2D eigenvalue weighted by molar-refractivity contribution is 5.76. The molecule has 0 radical (unpaired) electrons. The number of unbranched alkanes of at least 4 members (excludes halogenated alkanes) is 5. The highest BCUT2D eigenvalue weighted by Gasteiger charge is 2.18. The molecule has 1 saturated heterocycles. The molecule has 1 aliphatic heterocycles. The molecule has 5 nitrogen and oxygen atoms in total. The number of benzene rings is 1. The highest BCUT2D eigenvalue weighted by atomic mass is 16.5. The first-order valence-corrected chi connectivity index (χ1v) is 10.3. The Hall–Kier alpha value is -1.75. The minimum atomic E-state index is 0.344. The molecule has 0 bridgehead atoms. The standard InChI is InChI=1S/C22H36N2O3/c1-23-14-16-24(17-15-23)22(25)11-9-7-5-4-6-8-10-19-12-13-20(26-2)21(18-19)27-3/h12-13,18H,4-11,14-17H2,1-3H3. The molecule has 1 fully saturated rings. The summed E-state index contributed by atoms with van der Waals surface area (Å²) in [6.07, 6.45) is 8.88. The maximum atomic E-state index is 12.2. The van der Waals surface area contributed by atoms with Crippen LogP contribution in [-0.4, -0.2) is 63.2 Å². The van der Waals surface area contributed by atoms with Crippen molar-refractivity contribution in [1.82, 2.24) is 9.80 Å². The van der Waals surface area contributed by atoms with Crippen molar-refractivity contribution in [2.24, 2.45) is 0 Å². The molecule has 0 N–H and O–H groups in total. The minimum absolute atomic E-state index is 0.344. The number of carbonyl (C=O) groups excluding carboxylic acids is 1. The molecule has 1 aromatic rings. The van der Waals surface area contributed by atoms with Gasteiger partial charge in [0.05, 0.1) is 14.2 Å². The van der Waals surface area contributed by atoms with Crippen molar-refractivity contribution in [3.05, 3.63) is 23.8 Å². The van der Waals surface area contributed by atoms with Crippen molar-refractivity contribution in [2.45, 2.75) is 51.4 Å². The summed E-state index contributed by atoms with van der Waals surface area (Å²) in [6.45, 7) is 3.80. The smallest absolute Gasteiger partial charge is 0.222 e. The zero-order chi connectivity index (χ0) is 19.5. The van der Waals surface area contributed by atoms with E-state index in [0.717, 1.165) is 63.4 Å². The van der Waals surface area contributed by atoms with Crippen molar-refractivity contribution in [3.63, 3.8) is 0 Å². The van der Waals surface area contributed by atoms with Gasteiger partial charge in [0.25, 0.3) is 0 Å². The van der Waals surface area contributed by atoms with E-state index in [1.165, 1.54) is 31.2 Å². The monoisotopic (exact) mass is 376 g/mol. The number of nitrogens with zero attached hydrogens (tertiary/aromatic N) is 2. The SMILES string of the molecule is COc1ccc(CCCCCCCCC(=O)N2CCN(C)CC2)cc1OC. The molecule has 0 spiro atoms. The molecule has 0 aromatic heterocycles. The lowest BCUT2D eigenvalue weighted by Crippen LogP contribution is -2.47. The summed E-state index contributed by atoms with van der Waals surface area (Å²) in [7, 11) is 5.46. The van der Waals surface area contributed by atoms with E-state index in [1.807, 2.05) is 11.0 Å². The van der Waals surface area contributed by atoms with Crippen LogP contribution in [0.1, 0.15) is 50.5 Å². The van der Waals surface area contributed by atoms with Crippen LogP contribution in [0.4, 0.5) is 0 Å². The Morgan fingerprint density at radius 3 is 2.19 bits per heavy atom. The van der Waals surface area contributed by atoms with Crippen LogP contribution in [0.15, 0.2) is 18.2 Å². The lowest BCUT2D eigenvalue weighted by molar-refractivity contribution is -0.132. The van der Waals surface area contributed by atoms with E-state index >= 15 is 0 Å². The zero-order valence-corrected chi connectivity index (χ0v) is 17.3. The molecule has 0 unspecified atom stereocenters. The summed E-state index contributed by atoms with van der Waals surface area (Å²) in [5.41, 5.74) is 1.30. The molecule has 1 amide bonds. The van der Waals surface area contributed by atoms with Crippen LogP contribution < -0.4 is 9.47 Å². The number of amides is 1. The topological polar surface area (TPSA) is 42.0 Å². The van der Waals surface area contributed by atoms with Crippen molar-refractivity contribution < 1.29 is 14.3 Å². The number of ether oxygens (including phenoxy) is 2. The predicted octanol–water partition coefficient (Wildman–Crippen LogP) is 3.75. The first-order valence-electron chi connectivity index (χ1n) is 10.3. The fraction of sp³-hybridized carbons (Fsp3) is 0.682. The third-order valence-electron chi connectivity index (χ3n) is 5.41. The van der Waals surface area contributed by atoms with Gasteiger partial charge in [0.1, 0.15) is 0 Å². The van der Waals surface area contributed by atoms with Gasteiger partial charge < -0.3 is 19.3 Å². The van der Waals surface area contributed by atoms with Gasteiger partial charge in [-0.1, -0.05) is 31.7 Å². The second-order valence-electron chi connectivity index (χ2n) is 7.49. The quantitative estimate of drug-likeness (QED) is 0.552. The predicted molar refractivity (Wildman–Crippen MR) is 110 cm³/mol. The molecule has 1 heterocycles. The van der Waals surface area contributed by atoms with Crippen LogP contribution in [0, 0.1) is 0 Å². The summed E-state index contributed by atoms with van der Waals surface area (Å²) < 4.78 is 10.6. The van der Waals surface area contributed by atoms with Gasteiger partial charge in [0.2, 0.25) is 5.91 Å². The Kier molecular flexibility index (Phi) is 9.46. The van der Waals surface area contributed by atoms with Crippen molar-refractivity contribution >= 4 is 5.91 Å². The van der Waals surface area contributed by atoms with E-state index in [2.05, 4.69) is 24.1 Å². The average Bonchev–Trinajstić information content (AvgIpc) is 2.70. The van der Waals surface area contributed by atoms with E-state index in [4.69, 9.17) is 9.47 Å². The first-order chi connectivity index (χ1) is 13.1. The van der Waals surface area contributed by atoms with Crippen molar-refractivity contribution in [2.75, 3.05) is 47.4 Å². The summed E-state index contributed by atoms with van der Waals surface area (Å²) >= 11 is 0. The van der Waals surface area contributed by atoms with E-state index in [1.54, 1.807) is 14.2 Å². The third-order valence-corrected chi connectivity index (χ3v) is 5.41. The largest absolute Gasteiger partial charge is 0.493 e. The fourth-order valence-corrected chi connectivity index (χ4v) is 3.56. The van der Waals surface area contributed by atoms with Gasteiger partial charge in [0.15, 0.2) is 11.5 Å². The summed E-state index contributed by atoms with van der Waals surface area (Å²) in [6, 6.07) is 6.17. The molecule has 1 aliphatic rings. The molecule has 0 saturated carbocycles. The summed E-state index contributed by atoms with van der Waals surface area (Å²) in [5.74, 6) is 1.93. The van der Waals surface area contributed by atoms with E-state index in [9.17, 15) is 4.79 Å². The first kappa shape index (κ1) is 21.5. The van der Waals surface area contributed by atoms with Gasteiger partial charge in [-0.25, -0.2) is 0 Å². The molecule has 152 valence electrons. The van der Waals surface area contributed by atoms with Crippen molar-refractivity contribution in [1.29, 1.82) is 0 Å². The minimum Gasteiger partial charge on any atom is -0.493 e. The number of rotatable bonds is 11. The number of carbonyl (C=O) groups is 1. The molecule has 27 heavy (non-hydrogen) atoms. The van der Waals surface area contributed by atoms with Crippen LogP contribution in [-0.2, 0) is 11.2 Å². The number of hydrogen-bond acceptors (Lipinski definition) is 4. The second kappa shape index (κ2) is 11.9. The Labute approximate surface area is 164 Å². The lowest BCUT2D eigenvalue weighted by Gasteiger charge is -2.32. The van der Waals surface area contributed by atoms with E-state index in [-0.39, 0.29) is 0 Å². The summed E-state index contributed by atoms with van der Waals surface area (Å²) in [4.78, 5) is 16.5. The van der Waals surface area contributed by atoms with Crippen molar-refractivity contribution in [3.8, 4) is 11.5 Å². The van der Waals surface area contributed by atoms with Gasteiger partial charge in [-0.05, 0) is 44.0 Å². The maximum Gasteiger partial charge on any atom is 0.222 e. The molecular formula is C22H36N2O3. The van der Waals surface area contributed by atoms with E-state index < -0.39 is 0 Å². The Morgan fingerprint density at radius 2 is 1.52 bits per heavy atom. The number of methoxy groups -OCH3 is 2. The van der Waals surface area contributed by atoms with Crippen LogP contribution >= 0.6 is 0 Å². The Bertz CT molecular complexity index is 569. The van der Waals surface area contributed by atoms with Crippen LogP contribution in [0.25, 0.3) is 0 Å². The van der Waals surface area contributed by atoms with Gasteiger partial charge in [-0.15, -0.1) is 0 Å². The number of aryl methyl sites for hydroxylation is 1. The number of hydrogen-bond donors (Lipinski definition) is 0. The molecule has 2 rings (SSSR count). The van der Waals surface area contributed by atoms with Crippen LogP contribution in [0.3, 0.4) is 0 Å². The third kappa shape index (κ3) is 7.41. The Balaban J connectivity index is 1.51. The lowest BCUT2D eigenvalue weighted by atomic mass is 10.0. The van der Waals surface area contributed by atoms with Gasteiger partial charge in [0, 0.05) is 32.6 Å². The number of piperazine rings is 1. The number of likely N-dealkylation sites (N-methyl/N-ethyl adjacent to an activating group) is 1. The second-order valence-corrected chi connectivity index (χ2v) is 7.49. The van der Waals surface area contributed by atoms with Crippen LogP contribution in [0.2, 0.25) is 0 Å². The molecular weight excluding hydrogens is 340 g/mol. The normalized spacial score (nSPS) is 15.0. The van der Waals surface area contributed by atoms with Crippen LogP contribution in [0.5, 0.6) is 11.5 Å². The van der Waals surface area contributed by atoms with E-state index in [0.29, 0.717) is 5.91 Å². The molecule has 5 heteroatoms. The summed E-state index contributed by atoms with van der Waals surface area (Å²) in [5, 5.41) is 0. The Morgan fingerprint density at radius 1 is 0.889 bits per heavy atom. The average molecular weight is 377 g/mol. The van der Waals surface area contributed by atoms with Gasteiger partial charge >= 0.3 is 0 Å². The maximum absolute atomic E-state index is 12.2. The molecule has 0 atom stereocenters. The molecule has 1 aromatic carbocycles. The van der Waals surface area contributed by atoms with Gasteiger partial charge in [-0.2, -0.15) is 0 Å². The highest BCUT2D eigenvalue weighted by Crippen LogP contribution is 2.28.